The average Bonchev–Trinajstić information content (AvgIpc) is 2.75. The van der Waals surface area contributed by atoms with Crippen LogP contribution in [0.3, 0.4) is 0 Å². The van der Waals surface area contributed by atoms with Crippen molar-refractivity contribution in [3.05, 3.63) is 0 Å². The smallest absolute Gasteiger partial charge is 0.0247 e. The summed E-state index contributed by atoms with van der Waals surface area (Å²) in [6.45, 7) is 2.70. The van der Waals surface area contributed by atoms with Crippen LogP contribution in [0.25, 0.3) is 0 Å². The molecule has 0 aromatic carbocycles. The van der Waals surface area contributed by atoms with E-state index in [9.17, 15) is 0 Å². The van der Waals surface area contributed by atoms with E-state index in [4.69, 9.17) is 5.73 Å². The van der Waals surface area contributed by atoms with Gasteiger partial charge in [0.2, 0.25) is 0 Å². The van der Waals surface area contributed by atoms with Crippen molar-refractivity contribution in [1.29, 1.82) is 0 Å². The van der Waals surface area contributed by atoms with Crippen molar-refractivity contribution in [2.24, 2.45) is 17.6 Å². The quantitative estimate of drug-likeness (QED) is 0.723. The van der Waals surface area contributed by atoms with Gasteiger partial charge in [-0.1, -0.05) is 6.42 Å². The van der Waals surface area contributed by atoms with Crippen molar-refractivity contribution in [2.75, 3.05) is 13.1 Å². The van der Waals surface area contributed by atoms with Crippen molar-refractivity contribution in [2.45, 2.75) is 50.6 Å². The van der Waals surface area contributed by atoms with Crippen LogP contribution in [0.15, 0.2) is 0 Å². The van der Waals surface area contributed by atoms with E-state index in [2.05, 4.69) is 4.90 Å². The van der Waals surface area contributed by atoms with Crippen molar-refractivity contribution < 1.29 is 0 Å². The minimum Gasteiger partial charge on any atom is -0.326 e. The SMILES string of the molecule is NC1CCCC1N1CCC(C2CC2)C1. The summed E-state index contributed by atoms with van der Waals surface area (Å²) in [5, 5.41) is 0. The first kappa shape index (κ1) is 9.17. The third kappa shape index (κ3) is 1.59. The maximum Gasteiger partial charge on any atom is 0.0247 e. The molecule has 2 saturated carbocycles. The fourth-order valence-electron chi connectivity index (χ4n) is 3.49. The monoisotopic (exact) mass is 194 g/mol. The maximum atomic E-state index is 6.15. The first-order valence-corrected chi connectivity index (χ1v) is 6.34. The Morgan fingerprint density at radius 1 is 0.929 bits per heavy atom. The molecule has 0 radical (unpaired) electrons. The molecule has 2 nitrogen and oxygen atoms in total. The molecule has 0 aromatic rings. The summed E-state index contributed by atoms with van der Waals surface area (Å²) in [6.07, 6.45) is 8.45. The largest absolute Gasteiger partial charge is 0.326 e. The standard InChI is InChI=1S/C12H22N2/c13-11-2-1-3-12(11)14-7-6-10(8-14)9-4-5-9/h9-12H,1-8,13H2. The second kappa shape index (κ2) is 3.49. The molecule has 1 heterocycles. The highest BCUT2D eigenvalue weighted by atomic mass is 15.2. The van der Waals surface area contributed by atoms with Gasteiger partial charge in [-0.05, 0) is 50.5 Å². The van der Waals surface area contributed by atoms with Gasteiger partial charge in [0.25, 0.3) is 0 Å². The number of rotatable bonds is 2. The average molecular weight is 194 g/mol. The molecule has 2 N–H and O–H groups in total. The minimum absolute atomic E-state index is 0.480. The second-order valence-electron chi connectivity index (χ2n) is 5.54. The molecule has 0 aromatic heterocycles. The molecule has 3 unspecified atom stereocenters. The molecule has 0 amide bonds. The molecule has 3 rings (SSSR count). The van der Waals surface area contributed by atoms with E-state index in [0.29, 0.717) is 6.04 Å². The van der Waals surface area contributed by atoms with Gasteiger partial charge in [-0.3, -0.25) is 4.90 Å². The third-order valence-electron chi connectivity index (χ3n) is 4.55. The van der Waals surface area contributed by atoms with E-state index in [0.717, 1.165) is 17.9 Å². The highest BCUT2D eigenvalue weighted by Gasteiger charge is 2.39. The number of hydrogen-bond donors (Lipinski definition) is 1. The molecule has 1 aliphatic heterocycles. The molecule has 3 aliphatic rings. The lowest BCUT2D eigenvalue weighted by Gasteiger charge is -2.27. The lowest BCUT2D eigenvalue weighted by atomic mass is 10.0. The summed E-state index contributed by atoms with van der Waals surface area (Å²) in [5.74, 6) is 2.13. The Kier molecular flexibility index (Phi) is 2.29. The predicted octanol–water partition coefficient (Wildman–Crippen LogP) is 1.60. The first-order chi connectivity index (χ1) is 6.84. The van der Waals surface area contributed by atoms with Crippen LogP contribution in [0.5, 0.6) is 0 Å². The second-order valence-corrected chi connectivity index (χ2v) is 5.54. The summed E-state index contributed by atoms with van der Waals surface area (Å²) >= 11 is 0. The van der Waals surface area contributed by atoms with Gasteiger partial charge in [0, 0.05) is 18.6 Å². The molecule has 3 atom stereocenters. The van der Waals surface area contributed by atoms with Crippen molar-refractivity contribution >= 4 is 0 Å². The van der Waals surface area contributed by atoms with Gasteiger partial charge in [-0.15, -0.1) is 0 Å². The van der Waals surface area contributed by atoms with Crippen LogP contribution >= 0.6 is 0 Å². The molecule has 0 bridgehead atoms. The van der Waals surface area contributed by atoms with Crippen molar-refractivity contribution in [3.8, 4) is 0 Å². The lowest BCUT2D eigenvalue weighted by molar-refractivity contribution is 0.218. The summed E-state index contributed by atoms with van der Waals surface area (Å²) in [5.41, 5.74) is 6.15. The van der Waals surface area contributed by atoms with E-state index in [-0.39, 0.29) is 0 Å². The van der Waals surface area contributed by atoms with E-state index < -0.39 is 0 Å². The molecular weight excluding hydrogens is 172 g/mol. The fraction of sp³-hybridized carbons (Fsp3) is 1.00. The number of nitrogens with zero attached hydrogens (tertiary/aromatic N) is 1. The van der Waals surface area contributed by atoms with Gasteiger partial charge in [0.15, 0.2) is 0 Å². The normalized spacial score (nSPS) is 44.8. The molecule has 80 valence electrons. The van der Waals surface area contributed by atoms with Gasteiger partial charge in [0.1, 0.15) is 0 Å². The van der Waals surface area contributed by atoms with Gasteiger partial charge in [-0.25, -0.2) is 0 Å². The predicted molar refractivity (Wildman–Crippen MR) is 58.0 cm³/mol. The van der Waals surface area contributed by atoms with Crippen LogP contribution in [-0.2, 0) is 0 Å². The van der Waals surface area contributed by atoms with Crippen LogP contribution in [0.2, 0.25) is 0 Å². The molecule has 2 aliphatic carbocycles. The van der Waals surface area contributed by atoms with Crippen LogP contribution < -0.4 is 5.73 Å². The highest BCUT2D eigenvalue weighted by Crippen LogP contribution is 2.42. The molecule has 14 heavy (non-hydrogen) atoms. The zero-order valence-electron chi connectivity index (χ0n) is 8.99. The third-order valence-corrected chi connectivity index (χ3v) is 4.55. The number of hydrogen-bond acceptors (Lipinski definition) is 2. The van der Waals surface area contributed by atoms with Gasteiger partial charge >= 0.3 is 0 Å². The van der Waals surface area contributed by atoms with E-state index >= 15 is 0 Å². The Bertz CT molecular complexity index is 212. The van der Waals surface area contributed by atoms with Gasteiger partial charge in [0.05, 0.1) is 0 Å². The van der Waals surface area contributed by atoms with Crippen molar-refractivity contribution in [1.82, 2.24) is 4.90 Å². The van der Waals surface area contributed by atoms with Gasteiger partial charge < -0.3 is 5.73 Å². The summed E-state index contributed by atoms with van der Waals surface area (Å²) in [4.78, 5) is 2.70. The Labute approximate surface area is 86.8 Å². The minimum atomic E-state index is 0.480. The molecule has 3 fully saturated rings. The van der Waals surface area contributed by atoms with E-state index in [1.807, 2.05) is 0 Å². The fourth-order valence-corrected chi connectivity index (χ4v) is 3.49. The zero-order valence-corrected chi connectivity index (χ0v) is 8.99. The topological polar surface area (TPSA) is 29.3 Å². The van der Waals surface area contributed by atoms with Crippen LogP contribution in [0.1, 0.15) is 38.5 Å². The molecule has 0 spiro atoms. The Morgan fingerprint density at radius 3 is 2.43 bits per heavy atom. The summed E-state index contributed by atoms with van der Waals surface area (Å²) in [6, 6.07) is 1.21. The van der Waals surface area contributed by atoms with Crippen LogP contribution in [0, 0.1) is 11.8 Å². The van der Waals surface area contributed by atoms with Crippen molar-refractivity contribution in [3.63, 3.8) is 0 Å². The molecule has 2 heteroatoms. The lowest BCUT2D eigenvalue weighted by Crippen LogP contribution is -2.43. The molecular formula is C12H22N2. The summed E-state index contributed by atoms with van der Waals surface area (Å²) < 4.78 is 0. The molecule has 1 saturated heterocycles. The van der Waals surface area contributed by atoms with Gasteiger partial charge in [-0.2, -0.15) is 0 Å². The van der Waals surface area contributed by atoms with Crippen LogP contribution in [-0.4, -0.2) is 30.1 Å². The highest BCUT2D eigenvalue weighted by molar-refractivity contribution is 4.94. The zero-order chi connectivity index (χ0) is 9.54. The number of nitrogens with two attached hydrogens (primary N) is 1. The maximum absolute atomic E-state index is 6.15. The summed E-state index contributed by atoms with van der Waals surface area (Å²) in [7, 11) is 0. The first-order valence-electron chi connectivity index (χ1n) is 6.34. The van der Waals surface area contributed by atoms with E-state index in [1.165, 1.54) is 51.6 Å². The Morgan fingerprint density at radius 2 is 1.79 bits per heavy atom. The Hall–Kier alpha value is -0.0800. The Balaban J connectivity index is 1.58. The van der Waals surface area contributed by atoms with E-state index in [1.54, 1.807) is 0 Å². The van der Waals surface area contributed by atoms with Crippen LogP contribution in [0.4, 0.5) is 0 Å². The number of likely N-dealkylation sites (tertiary alicyclic amines) is 1.